The lowest BCUT2D eigenvalue weighted by molar-refractivity contribution is -0.141. The summed E-state index contributed by atoms with van der Waals surface area (Å²) in [6.45, 7) is 3.05. The molecule has 126 valence electrons. The number of Topliss-reactive ketones (excluding diaryl/α,β-unsaturated/α-hetero) is 1. The van der Waals surface area contributed by atoms with Crippen molar-refractivity contribution in [2.45, 2.75) is 38.9 Å². The first-order valence-electron chi connectivity index (χ1n) is 7.47. The number of phenolic OH excluding ortho intramolecular Hbond substituents is 2. The molecule has 7 heteroatoms. The number of ether oxygens (including phenoxy) is 1. The van der Waals surface area contributed by atoms with Gasteiger partial charge in [-0.3, -0.25) is 14.4 Å². The molecule has 0 saturated carbocycles. The van der Waals surface area contributed by atoms with Crippen LogP contribution >= 0.6 is 0 Å². The Labute approximate surface area is 137 Å². The maximum absolute atomic E-state index is 12.3. The Morgan fingerprint density at radius 3 is 2.54 bits per heavy atom. The number of aromatic hydroxyl groups is 2. The number of carboxylic acid groups (broad SMARTS) is 1. The number of carboxylic acids is 1. The minimum atomic E-state index is -1.05. The highest BCUT2D eigenvalue weighted by atomic mass is 16.5. The molecular weight excluding hydrogens is 316 g/mol. The first-order valence-corrected chi connectivity index (χ1v) is 7.47. The molecular formula is C17H16O7. The fraction of sp³-hybridized carbons (Fsp3) is 0.353. The molecule has 0 fully saturated rings. The van der Waals surface area contributed by atoms with Crippen LogP contribution in [0.25, 0.3) is 0 Å². The van der Waals surface area contributed by atoms with E-state index in [1.165, 1.54) is 6.92 Å². The van der Waals surface area contributed by atoms with Crippen molar-refractivity contribution in [3.8, 4) is 11.5 Å². The number of aliphatic carboxylic acids is 1. The molecule has 1 aromatic rings. The van der Waals surface area contributed by atoms with Gasteiger partial charge in [0.1, 0.15) is 11.5 Å². The highest BCUT2D eigenvalue weighted by Gasteiger charge is 2.38. The molecule has 7 nitrogen and oxygen atoms in total. The smallest absolute Gasteiger partial charge is 0.305 e. The summed E-state index contributed by atoms with van der Waals surface area (Å²) in [6, 6.07) is 0. The molecule has 1 aromatic carbocycles. The Morgan fingerprint density at radius 2 is 1.92 bits per heavy atom. The summed E-state index contributed by atoms with van der Waals surface area (Å²) < 4.78 is 5.58. The summed E-state index contributed by atoms with van der Waals surface area (Å²) in [5.74, 6) is -2.91. The first-order chi connectivity index (χ1) is 11.2. The second-order valence-corrected chi connectivity index (χ2v) is 6.06. The average molecular weight is 332 g/mol. The summed E-state index contributed by atoms with van der Waals surface area (Å²) in [5.41, 5.74) is 0.206. The zero-order valence-corrected chi connectivity index (χ0v) is 13.1. The second kappa shape index (κ2) is 5.45. The van der Waals surface area contributed by atoms with Crippen molar-refractivity contribution < 1.29 is 34.4 Å². The number of benzene rings is 1. The van der Waals surface area contributed by atoms with Gasteiger partial charge in [0.15, 0.2) is 11.6 Å². The van der Waals surface area contributed by atoms with E-state index in [1.54, 1.807) is 6.92 Å². The van der Waals surface area contributed by atoms with Gasteiger partial charge in [-0.05, 0) is 19.9 Å². The molecule has 0 amide bonds. The second-order valence-electron chi connectivity index (χ2n) is 6.06. The Balaban J connectivity index is 2.22. The van der Waals surface area contributed by atoms with E-state index in [-0.39, 0.29) is 52.2 Å². The Hall–Kier alpha value is -2.67. The largest absolute Gasteiger partial charge is 0.507 e. The normalized spacial score (nSPS) is 22.7. The van der Waals surface area contributed by atoms with E-state index in [1.807, 2.05) is 0 Å². The quantitative estimate of drug-likeness (QED) is 0.707. The number of allylic oxidation sites excluding steroid dienone is 2. The molecule has 1 aliphatic carbocycles. The fourth-order valence-corrected chi connectivity index (χ4v) is 3.38. The molecule has 2 atom stereocenters. The molecule has 0 aromatic heterocycles. The van der Waals surface area contributed by atoms with Gasteiger partial charge in [0, 0.05) is 23.1 Å². The number of ketones is 2. The van der Waals surface area contributed by atoms with Crippen LogP contribution in [-0.2, 0) is 16.0 Å². The van der Waals surface area contributed by atoms with E-state index in [0.29, 0.717) is 0 Å². The maximum Gasteiger partial charge on any atom is 0.305 e. The third-order valence-corrected chi connectivity index (χ3v) is 4.41. The average Bonchev–Trinajstić information content (AvgIpc) is 2.47. The lowest BCUT2D eigenvalue weighted by Gasteiger charge is -2.32. The van der Waals surface area contributed by atoms with Crippen LogP contribution in [0.3, 0.4) is 0 Å². The lowest BCUT2D eigenvalue weighted by Crippen LogP contribution is -2.29. The summed E-state index contributed by atoms with van der Waals surface area (Å²) in [4.78, 5) is 35.4. The molecule has 3 rings (SSSR count). The van der Waals surface area contributed by atoms with Gasteiger partial charge in [-0.1, -0.05) is 0 Å². The van der Waals surface area contributed by atoms with Gasteiger partial charge in [-0.25, -0.2) is 0 Å². The molecule has 3 N–H and O–H groups in total. The zero-order chi connectivity index (χ0) is 17.8. The minimum absolute atomic E-state index is 0.0306. The summed E-state index contributed by atoms with van der Waals surface area (Å²) in [7, 11) is 0. The van der Waals surface area contributed by atoms with Crippen LogP contribution in [0.2, 0.25) is 0 Å². The van der Waals surface area contributed by atoms with E-state index >= 15 is 0 Å². The Bertz CT molecular complexity index is 819. The molecule has 2 aliphatic rings. The molecule has 0 spiro atoms. The van der Waals surface area contributed by atoms with E-state index in [2.05, 4.69) is 0 Å². The fourth-order valence-electron chi connectivity index (χ4n) is 3.38. The summed E-state index contributed by atoms with van der Waals surface area (Å²) in [6.07, 6.45) is -0.535. The lowest BCUT2D eigenvalue weighted by atomic mass is 9.81. The number of carbonyl (C=O) groups excluding carboxylic acids is 2. The third-order valence-electron chi connectivity index (χ3n) is 4.41. The van der Waals surface area contributed by atoms with Gasteiger partial charge in [0.2, 0.25) is 0 Å². The van der Waals surface area contributed by atoms with Crippen molar-refractivity contribution in [3.63, 3.8) is 0 Å². The van der Waals surface area contributed by atoms with E-state index < -0.39 is 29.7 Å². The number of hydrogen-bond acceptors (Lipinski definition) is 6. The Kier molecular flexibility index (Phi) is 3.68. The van der Waals surface area contributed by atoms with Gasteiger partial charge in [0.05, 0.1) is 29.8 Å². The van der Waals surface area contributed by atoms with Crippen molar-refractivity contribution >= 4 is 17.5 Å². The molecule has 0 radical (unpaired) electrons. The predicted molar refractivity (Wildman–Crippen MR) is 81.4 cm³/mol. The van der Waals surface area contributed by atoms with Crippen LogP contribution in [-0.4, -0.2) is 39.0 Å². The maximum atomic E-state index is 12.3. The van der Waals surface area contributed by atoms with E-state index in [0.717, 1.165) is 6.08 Å². The third kappa shape index (κ3) is 2.28. The van der Waals surface area contributed by atoms with Crippen LogP contribution < -0.4 is 0 Å². The van der Waals surface area contributed by atoms with Gasteiger partial charge < -0.3 is 20.1 Å². The highest BCUT2D eigenvalue weighted by molar-refractivity contribution is 6.26. The predicted octanol–water partition coefficient (Wildman–Crippen LogP) is 1.90. The van der Waals surface area contributed by atoms with Crippen LogP contribution in [0.15, 0.2) is 11.6 Å². The number of rotatable bonds is 2. The van der Waals surface area contributed by atoms with Gasteiger partial charge in [-0.15, -0.1) is 0 Å². The van der Waals surface area contributed by atoms with Crippen LogP contribution in [0.5, 0.6) is 11.5 Å². The topological polar surface area (TPSA) is 121 Å². The highest BCUT2D eigenvalue weighted by Crippen LogP contribution is 2.47. The first kappa shape index (κ1) is 16.2. The van der Waals surface area contributed by atoms with Gasteiger partial charge >= 0.3 is 5.97 Å². The van der Waals surface area contributed by atoms with Crippen molar-refractivity contribution in [2.75, 3.05) is 0 Å². The molecule has 0 unspecified atom stereocenters. The van der Waals surface area contributed by atoms with Crippen molar-refractivity contribution in [1.82, 2.24) is 0 Å². The van der Waals surface area contributed by atoms with E-state index in [9.17, 15) is 24.6 Å². The minimum Gasteiger partial charge on any atom is -0.507 e. The zero-order valence-electron chi connectivity index (χ0n) is 13.1. The van der Waals surface area contributed by atoms with E-state index in [4.69, 9.17) is 9.84 Å². The number of fused-ring (bicyclic) bond motifs is 2. The number of hydrogen-bond donors (Lipinski definition) is 3. The standard InChI is InChI=1S/C17H16O7/c1-6-3-10(18)13-14(15(6)21)17(23)12-7(2)24-8(5-11(19)20)4-9(12)16(13)22/h3,7-8,22-23H,4-5H2,1-2H3,(H,19,20)/t7-,8+/m1/s1. The summed E-state index contributed by atoms with van der Waals surface area (Å²) >= 11 is 0. The summed E-state index contributed by atoms with van der Waals surface area (Å²) in [5, 5.41) is 30.0. The molecule has 1 heterocycles. The van der Waals surface area contributed by atoms with Crippen molar-refractivity contribution in [1.29, 1.82) is 0 Å². The molecule has 0 saturated heterocycles. The van der Waals surface area contributed by atoms with Crippen LogP contribution in [0, 0.1) is 0 Å². The monoisotopic (exact) mass is 332 g/mol. The molecule has 0 bridgehead atoms. The van der Waals surface area contributed by atoms with Crippen molar-refractivity contribution in [3.05, 3.63) is 33.9 Å². The molecule has 24 heavy (non-hydrogen) atoms. The van der Waals surface area contributed by atoms with Gasteiger partial charge in [0.25, 0.3) is 0 Å². The van der Waals surface area contributed by atoms with Crippen molar-refractivity contribution in [2.24, 2.45) is 0 Å². The van der Waals surface area contributed by atoms with Gasteiger partial charge in [-0.2, -0.15) is 0 Å². The SMILES string of the molecule is CC1=CC(=O)c2c(O)c3c(c(O)c2C1=O)[C@@H](C)O[C@H](CC(=O)O)C3. The number of phenols is 2. The molecule has 1 aliphatic heterocycles. The van der Waals surface area contributed by atoms with Crippen LogP contribution in [0.1, 0.15) is 58.2 Å². The number of carbonyl (C=O) groups is 3. The van der Waals surface area contributed by atoms with Crippen LogP contribution in [0.4, 0.5) is 0 Å². The Morgan fingerprint density at radius 1 is 1.25 bits per heavy atom.